The SMILES string of the molecule is Cc1nc2c(=O)[nH]ccc2n1Cc1ccc(B(O)O)cc1.Cc1nc2cc[nH]c(=O)c2n1Cc1ccc(B(O)O)cc1. The largest absolute Gasteiger partial charge is 0.488 e. The van der Waals surface area contributed by atoms with Gasteiger partial charge in [0.25, 0.3) is 11.1 Å². The van der Waals surface area contributed by atoms with Gasteiger partial charge in [-0.15, -0.1) is 0 Å². The van der Waals surface area contributed by atoms with Gasteiger partial charge in [-0.05, 0) is 48.0 Å². The molecule has 0 saturated carbocycles. The second-order valence-electron chi connectivity index (χ2n) is 9.80. The molecule has 0 bridgehead atoms. The van der Waals surface area contributed by atoms with Gasteiger partial charge in [0.2, 0.25) is 0 Å². The van der Waals surface area contributed by atoms with E-state index in [4.69, 9.17) is 20.1 Å². The Morgan fingerprint density at radius 2 is 1.17 bits per heavy atom. The molecule has 14 heteroatoms. The lowest BCUT2D eigenvalue weighted by atomic mass is 9.80. The fourth-order valence-electron chi connectivity index (χ4n) is 4.74. The van der Waals surface area contributed by atoms with Crippen molar-refractivity contribution in [2.24, 2.45) is 0 Å². The summed E-state index contributed by atoms with van der Waals surface area (Å²) in [5.41, 5.74) is 4.86. The predicted octanol–water partition coefficient (Wildman–Crippen LogP) is -0.478. The van der Waals surface area contributed by atoms with Crippen LogP contribution >= 0.6 is 0 Å². The van der Waals surface area contributed by atoms with E-state index in [1.54, 1.807) is 54.9 Å². The van der Waals surface area contributed by atoms with E-state index in [0.29, 0.717) is 40.6 Å². The van der Waals surface area contributed by atoms with Crippen molar-refractivity contribution >= 4 is 47.2 Å². The summed E-state index contributed by atoms with van der Waals surface area (Å²) in [7, 11) is -2.94. The summed E-state index contributed by atoms with van der Waals surface area (Å²) >= 11 is 0. The third-order valence-corrected chi connectivity index (χ3v) is 6.96. The molecule has 0 atom stereocenters. The Labute approximate surface area is 239 Å². The number of nitrogens with zero attached hydrogens (tertiary/aromatic N) is 4. The van der Waals surface area contributed by atoms with E-state index < -0.39 is 14.2 Å². The number of hydrogen-bond acceptors (Lipinski definition) is 8. The van der Waals surface area contributed by atoms with E-state index in [1.807, 2.05) is 41.2 Å². The number of hydrogen-bond donors (Lipinski definition) is 6. The lowest BCUT2D eigenvalue weighted by Crippen LogP contribution is -2.29. The first kappa shape index (κ1) is 28.8. The summed E-state index contributed by atoms with van der Waals surface area (Å²) in [6.07, 6.45) is 3.19. The Balaban J connectivity index is 0.000000168. The zero-order valence-corrected chi connectivity index (χ0v) is 22.9. The first-order valence-electron chi connectivity index (χ1n) is 13.1. The first-order valence-corrected chi connectivity index (χ1v) is 13.1. The van der Waals surface area contributed by atoms with E-state index in [2.05, 4.69) is 19.9 Å². The number of pyridine rings is 2. The van der Waals surface area contributed by atoms with Gasteiger partial charge in [0, 0.05) is 25.5 Å². The summed E-state index contributed by atoms with van der Waals surface area (Å²) < 4.78 is 3.80. The maximum Gasteiger partial charge on any atom is 0.488 e. The number of aryl methyl sites for hydroxylation is 2. The standard InChI is InChI=1S/2C14H14BN3O3/c1-9-17-13-12(6-7-16-14(13)19)18(9)8-10-2-4-11(5-3-10)15(20)21;1-9-17-12-6-7-16-14(19)13(12)18(9)8-10-2-4-11(5-3-10)15(20)21/h2*2-7,20-21H,8H2,1H3,(H,16,19). The van der Waals surface area contributed by atoms with Crippen LogP contribution in [0.3, 0.4) is 0 Å². The zero-order chi connectivity index (χ0) is 30.0. The molecule has 0 aliphatic carbocycles. The van der Waals surface area contributed by atoms with Gasteiger partial charge in [-0.3, -0.25) is 9.59 Å². The van der Waals surface area contributed by atoms with Crippen molar-refractivity contribution in [2.75, 3.05) is 0 Å². The minimum atomic E-state index is -1.47. The minimum absolute atomic E-state index is 0.171. The van der Waals surface area contributed by atoms with Crippen LogP contribution in [0.5, 0.6) is 0 Å². The number of rotatable bonds is 6. The summed E-state index contributed by atoms with van der Waals surface area (Å²) in [5.74, 6) is 1.51. The van der Waals surface area contributed by atoms with Crippen LogP contribution in [0, 0.1) is 13.8 Å². The van der Waals surface area contributed by atoms with Crippen LogP contribution in [0.1, 0.15) is 22.8 Å². The molecule has 6 rings (SSSR count). The number of fused-ring (bicyclic) bond motifs is 2. The van der Waals surface area contributed by atoms with Crippen molar-refractivity contribution in [2.45, 2.75) is 26.9 Å². The van der Waals surface area contributed by atoms with E-state index in [0.717, 1.165) is 28.3 Å². The number of nitrogens with one attached hydrogen (secondary N) is 2. The van der Waals surface area contributed by atoms with Crippen LogP contribution in [0.15, 0.2) is 82.6 Å². The van der Waals surface area contributed by atoms with Gasteiger partial charge in [-0.1, -0.05) is 48.5 Å². The Morgan fingerprint density at radius 1 is 0.667 bits per heavy atom. The Morgan fingerprint density at radius 3 is 1.74 bits per heavy atom. The molecular weight excluding hydrogens is 538 g/mol. The van der Waals surface area contributed by atoms with E-state index in [9.17, 15) is 9.59 Å². The van der Waals surface area contributed by atoms with Crippen molar-refractivity contribution in [1.82, 2.24) is 29.1 Å². The first-order chi connectivity index (χ1) is 20.1. The van der Waals surface area contributed by atoms with E-state index >= 15 is 0 Å². The highest BCUT2D eigenvalue weighted by molar-refractivity contribution is 6.58. The van der Waals surface area contributed by atoms with Crippen LogP contribution in [0.2, 0.25) is 0 Å². The molecule has 6 aromatic rings. The maximum atomic E-state index is 12.0. The van der Waals surface area contributed by atoms with Crippen molar-refractivity contribution < 1.29 is 20.1 Å². The van der Waals surface area contributed by atoms with Crippen molar-refractivity contribution in [1.29, 1.82) is 0 Å². The molecule has 0 aliphatic rings. The molecule has 0 aliphatic heterocycles. The molecule has 12 nitrogen and oxygen atoms in total. The molecule has 0 spiro atoms. The second kappa shape index (κ2) is 12.0. The molecule has 0 unspecified atom stereocenters. The summed E-state index contributed by atoms with van der Waals surface area (Å²) in [5, 5.41) is 36.4. The number of benzene rings is 2. The lowest BCUT2D eigenvalue weighted by molar-refractivity contribution is 0.424. The van der Waals surface area contributed by atoms with Crippen LogP contribution in [-0.4, -0.2) is 63.4 Å². The topological polar surface area (TPSA) is 182 Å². The smallest absolute Gasteiger partial charge is 0.423 e. The van der Waals surface area contributed by atoms with Crippen LogP contribution in [-0.2, 0) is 13.1 Å². The molecule has 0 fully saturated rings. The van der Waals surface area contributed by atoms with Gasteiger partial charge >= 0.3 is 14.2 Å². The molecule has 4 aromatic heterocycles. The van der Waals surface area contributed by atoms with Gasteiger partial charge in [0.1, 0.15) is 17.2 Å². The summed E-state index contributed by atoms with van der Waals surface area (Å²) in [6, 6.07) is 17.5. The van der Waals surface area contributed by atoms with Gasteiger partial charge < -0.3 is 39.2 Å². The van der Waals surface area contributed by atoms with Gasteiger partial charge in [0.05, 0.1) is 11.0 Å². The van der Waals surface area contributed by atoms with Crippen molar-refractivity contribution in [3.05, 3.63) is 117 Å². The molecule has 212 valence electrons. The van der Waals surface area contributed by atoms with E-state index in [1.165, 1.54) is 0 Å². The average Bonchev–Trinajstić information content (AvgIpc) is 3.46. The van der Waals surface area contributed by atoms with E-state index in [-0.39, 0.29) is 11.1 Å². The molecule has 0 radical (unpaired) electrons. The average molecular weight is 566 g/mol. The normalized spacial score (nSPS) is 11.0. The third kappa shape index (κ3) is 5.97. The van der Waals surface area contributed by atoms with Crippen LogP contribution < -0.4 is 22.0 Å². The molecular formula is C28H28B2N6O6. The predicted molar refractivity (Wildman–Crippen MR) is 161 cm³/mol. The van der Waals surface area contributed by atoms with Gasteiger partial charge in [0.15, 0.2) is 5.52 Å². The Hall–Kier alpha value is -4.75. The molecule has 6 N–H and O–H groups in total. The molecule has 0 saturated heterocycles. The fraction of sp³-hybridized carbons (Fsp3) is 0.143. The van der Waals surface area contributed by atoms with Crippen molar-refractivity contribution in [3.63, 3.8) is 0 Å². The van der Waals surface area contributed by atoms with Gasteiger partial charge in [-0.2, -0.15) is 0 Å². The molecule has 42 heavy (non-hydrogen) atoms. The van der Waals surface area contributed by atoms with Crippen molar-refractivity contribution in [3.8, 4) is 0 Å². The second-order valence-corrected chi connectivity index (χ2v) is 9.80. The molecule has 2 aromatic carbocycles. The van der Waals surface area contributed by atoms with Gasteiger partial charge in [-0.25, -0.2) is 9.97 Å². The quantitative estimate of drug-likeness (QED) is 0.146. The number of H-pyrrole nitrogens is 2. The number of aromatic amines is 2. The Bertz CT molecular complexity index is 1960. The highest BCUT2D eigenvalue weighted by Crippen LogP contribution is 2.15. The molecule has 0 amide bonds. The highest BCUT2D eigenvalue weighted by atomic mass is 16.4. The Kier molecular flexibility index (Phi) is 8.22. The lowest BCUT2D eigenvalue weighted by Gasteiger charge is -2.08. The van der Waals surface area contributed by atoms with Crippen LogP contribution in [0.4, 0.5) is 0 Å². The maximum absolute atomic E-state index is 12.0. The highest BCUT2D eigenvalue weighted by Gasteiger charge is 2.14. The molecule has 4 heterocycles. The third-order valence-electron chi connectivity index (χ3n) is 6.96. The number of imidazole rings is 2. The summed E-state index contributed by atoms with van der Waals surface area (Å²) in [6.45, 7) is 4.77. The monoisotopic (exact) mass is 566 g/mol. The fourth-order valence-corrected chi connectivity index (χ4v) is 4.74. The number of aromatic nitrogens is 6. The van der Waals surface area contributed by atoms with Crippen LogP contribution in [0.25, 0.3) is 22.1 Å². The minimum Gasteiger partial charge on any atom is -0.423 e. The summed E-state index contributed by atoms with van der Waals surface area (Å²) in [4.78, 5) is 37.6. The zero-order valence-electron chi connectivity index (χ0n) is 22.9.